The highest BCUT2D eigenvalue weighted by Gasteiger charge is 2.20. The number of nitrogens with one attached hydrogen (secondary N) is 2. The first-order valence-electron chi connectivity index (χ1n) is 9.56. The van der Waals surface area contributed by atoms with Crippen molar-refractivity contribution in [2.45, 2.75) is 24.7 Å². The van der Waals surface area contributed by atoms with Crippen LogP contribution in [0.15, 0.2) is 76.9 Å². The van der Waals surface area contributed by atoms with Crippen molar-refractivity contribution in [3.63, 3.8) is 0 Å². The zero-order valence-corrected chi connectivity index (χ0v) is 19.3. The molecule has 0 bridgehead atoms. The molecule has 0 fully saturated rings. The molecule has 31 heavy (non-hydrogen) atoms. The zero-order valence-electron chi connectivity index (χ0n) is 16.9. The molecule has 3 aromatic rings. The molecule has 0 saturated heterocycles. The molecule has 2 N–H and O–H groups in total. The summed E-state index contributed by atoms with van der Waals surface area (Å²) in [6, 6.07) is 16.0. The van der Waals surface area contributed by atoms with Gasteiger partial charge in [0.25, 0.3) is 5.91 Å². The number of hydrogen-bond donors (Lipinski definition) is 2. The Labute approximate surface area is 193 Å². The van der Waals surface area contributed by atoms with Crippen molar-refractivity contribution in [2.75, 3.05) is 11.1 Å². The molecule has 7 nitrogen and oxygen atoms in total. The van der Waals surface area contributed by atoms with Gasteiger partial charge in [0.2, 0.25) is 5.91 Å². The van der Waals surface area contributed by atoms with E-state index >= 15 is 0 Å². The van der Waals surface area contributed by atoms with Crippen molar-refractivity contribution in [3.8, 4) is 0 Å². The number of anilines is 1. The number of benzene rings is 2. The van der Waals surface area contributed by atoms with Crippen molar-refractivity contribution in [2.24, 2.45) is 0 Å². The van der Waals surface area contributed by atoms with E-state index in [9.17, 15) is 9.59 Å². The molecular formula is C22H22BrN5O2S. The van der Waals surface area contributed by atoms with Crippen LogP contribution in [0.3, 0.4) is 0 Å². The lowest BCUT2D eigenvalue weighted by molar-refractivity contribution is -0.113. The number of amides is 2. The van der Waals surface area contributed by atoms with Gasteiger partial charge in [-0.25, -0.2) is 0 Å². The summed E-state index contributed by atoms with van der Waals surface area (Å²) in [4.78, 5) is 24.8. The molecule has 0 spiro atoms. The average molecular weight is 500 g/mol. The summed E-state index contributed by atoms with van der Waals surface area (Å²) in [6.07, 6.45) is 1.73. The van der Waals surface area contributed by atoms with Crippen LogP contribution in [0.4, 0.5) is 5.69 Å². The van der Waals surface area contributed by atoms with Crippen LogP contribution in [0.1, 0.15) is 29.1 Å². The van der Waals surface area contributed by atoms with Crippen molar-refractivity contribution < 1.29 is 9.59 Å². The van der Waals surface area contributed by atoms with E-state index in [4.69, 9.17) is 0 Å². The fourth-order valence-electron chi connectivity index (χ4n) is 2.86. The second-order valence-corrected chi connectivity index (χ2v) is 8.51. The molecule has 160 valence electrons. The second kappa shape index (κ2) is 10.9. The highest BCUT2D eigenvalue weighted by atomic mass is 79.9. The fraction of sp³-hybridized carbons (Fsp3) is 0.182. The molecule has 1 unspecified atom stereocenters. The summed E-state index contributed by atoms with van der Waals surface area (Å²) in [5.41, 5.74) is 1.29. The van der Waals surface area contributed by atoms with Gasteiger partial charge in [0.1, 0.15) is 0 Å². The maximum Gasteiger partial charge on any atom is 0.251 e. The van der Waals surface area contributed by atoms with Crippen molar-refractivity contribution >= 4 is 45.2 Å². The summed E-state index contributed by atoms with van der Waals surface area (Å²) < 4.78 is 2.74. The van der Waals surface area contributed by atoms with Crippen LogP contribution in [0.2, 0.25) is 0 Å². The van der Waals surface area contributed by atoms with Crippen LogP contribution in [-0.2, 0) is 11.3 Å². The Morgan fingerprint density at radius 2 is 1.97 bits per heavy atom. The minimum Gasteiger partial charge on any atom is -0.342 e. The first-order valence-corrected chi connectivity index (χ1v) is 11.3. The molecular weight excluding hydrogens is 478 g/mol. The topological polar surface area (TPSA) is 88.9 Å². The van der Waals surface area contributed by atoms with Crippen molar-refractivity contribution in [1.29, 1.82) is 0 Å². The molecule has 0 aliphatic heterocycles. The van der Waals surface area contributed by atoms with Crippen LogP contribution >= 0.6 is 27.7 Å². The van der Waals surface area contributed by atoms with E-state index in [2.05, 4.69) is 43.3 Å². The van der Waals surface area contributed by atoms with Gasteiger partial charge in [-0.15, -0.1) is 16.8 Å². The summed E-state index contributed by atoms with van der Waals surface area (Å²) in [5, 5.41) is 14.8. The van der Waals surface area contributed by atoms with E-state index in [1.54, 1.807) is 18.2 Å². The van der Waals surface area contributed by atoms with Crippen molar-refractivity contribution in [3.05, 3.63) is 83.1 Å². The van der Waals surface area contributed by atoms with Crippen LogP contribution in [0, 0.1) is 0 Å². The van der Waals surface area contributed by atoms with Gasteiger partial charge in [-0.2, -0.15) is 0 Å². The molecule has 9 heteroatoms. The van der Waals surface area contributed by atoms with E-state index in [0.717, 1.165) is 4.47 Å². The molecule has 3 rings (SSSR count). The molecule has 1 aromatic heterocycles. The monoisotopic (exact) mass is 499 g/mol. The quantitative estimate of drug-likeness (QED) is 0.335. The predicted octanol–water partition coefficient (Wildman–Crippen LogP) is 4.45. The highest BCUT2D eigenvalue weighted by Crippen LogP contribution is 2.22. The van der Waals surface area contributed by atoms with Gasteiger partial charge in [-0.1, -0.05) is 58.0 Å². The minimum atomic E-state index is -0.370. The second-order valence-electron chi connectivity index (χ2n) is 6.65. The van der Waals surface area contributed by atoms with Crippen LogP contribution in [0.5, 0.6) is 0 Å². The molecule has 1 heterocycles. The van der Waals surface area contributed by atoms with E-state index in [1.807, 2.05) is 54.0 Å². The predicted molar refractivity (Wildman–Crippen MR) is 126 cm³/mol. The summed E-state index contributed by atoms with van der Waals surface area (Å²) >= 11 is 4.66. The number of nitrogens with zero attached hydrogens (tertiary/aromatic N) is 3. The SMILES string of the molecule is C=CCn1c(SCC(=O)Nc2cccc(Br)c2)nnc1C(C)NC(=O)c1ccccc1. The van der Waals surface area contributed by atoms with Gasteiger partial charge in [-0.3, -0.25) is 9.59 Å². The fourth-order valence-corrected chi connectivity index (χ4v) is 4.01. The Morgan fingerprint density at radius 3 is 2.68 bits per heavy atom. The van der Waals surface area contributed by atoms with Crippen molar-refractivity contribution in [1.82, 2.24) is 20.1 Å². The number of rotatable bonds is 9. The lowest BCUT2D eigenvalue weighted by atomic mass is 10.2. The van der Waals surface area contributed by atoms with E-state index in [0.29, 0.717) is 28.8 Å². The third-order valence-corrected chi connectivity index (χ3v) is 5.73. The largest absolute Gasteiger partial charge is 0.342 e. The Balaban J connectivity index is 1.66. The third kappa shape index (κ3) is 6.28. The Hall–Kier alpha value is -2.91. The maximum atomic E-state index is 12.5. The molecule has 1 atom stereocenters. The number of hydrogen-bond acceptors (Lipinski definition) is 5. The van der Waals surface area contributed by atoms with Gasteiger partial charge in [0, 0.05) is 22.3 Å². The average Bonchev–Trinajstić information content (AvgIpc) is 3.16. The first-order chi connectivity index (χ1) is 15.0. The molecule has 2 amide bonds. The molecule has 0 saturated carbocycles. The standard InChI is InChI=1S/C22H22BrN5O2S/c1-3-12-28-20(15(2)24-21(30)16-8-5-4-6-9-16)26-27-22(28)31-14-19(29)25-18-11-7-10-17(23)13-18/h3-11,13,15H,1,12,14H2,2H3,(H,24,30)(H,25,29). The van der Waals surface area contributed by atoms with Crippen LogP contribution in [0.25, 0.3) is 0 Å². The van der Waals surface area contributed by atoms with Gasteiger partial charge < -0.3 is 15.2 Å². The molecule has 0 aliphatic carbocycles. The Bertz CT molecular complexity index is 1070. The lowest BCUT2D eigenvalue weighted by Gasteiger charge is -2.15. The molecule has 0 aliphatic rings. The summed E-state index contributed by atoms with van der Waals surface area (Å²) in [6.45, 7) is 6.10. The minimum absolute atomic E-state index is 0.150. The number of halogens is 1. The van der Waals surface area contributed by atoms with Crippen LogP contribution < -0.4 is 10.6 Å². The Kier molecular flexibility index (Phi) is 8.02. The van der Waals surface area contributed by atoms with Gasteiger partial charge in [0.15, 0.2) is 11.0 Å². The number of allylic oxidation sites excluding steroid dienone is 1. The number of carbonyl (C=O) groups is 2. The van der Waals surface area contributed by atoms with E-state index < -0.39 is 0 Å². The Morgan fingerprint density at radius 1 is 1.19 bits per heavy atom. The summed E-state index contributed by atoms with van der Waals surface area (Å²) in [5.74, 6) is 0.429. The molecule has 0 radical (unpaired) electrons. The summed E-state index contributed by atoms with van der Waals surface area (Å²) in [7, 11) is 0. The number of thioether (sulfide) groups is 1. The highest BCUT2D eigenvalue weighted by molar-refractivity contribution is 9.10. The van der Waals surface area contributed by atoms with Gasteiger partial charge in [-0.05, 0) is 37.3 Å². The maximum absolute atomic E-state index is 12.5. The first kappa shape index (κ1) is 22.8. The third-order valence-electron chi connectivity index (χ3n) is 4.27. The smallest absolute Gasteiger partial charge is 0.251 e. The number of carbonyl (C=O) groups excluding carboxylic acids is 2. The van der Waals surface area contributed by atoms with E-state index in [1.165, 1.54) is 11.8 Å². The molecule has 2 aromatic carbocycles. The van der Waals surface area contributed by atoms with Crippen LogP contribution in [-0.4, -0.2) is 32.3 Å². The normalized spacial score (nSPS) is 11.5. The van der Waals surface area contributed by atoms with Gasteiger partial charge in [0.05, 0.1) is 11.8 Å². The van der Waals surface area contributed by atoms with E-state index in [-0.39, 0.29) is 23.6 Å². The zero-order chi connectivity index (χ0) is 22.2. The lowest BCUT2D eigenvalue weighted by Crippen LogP contribution is -2.28. The van der Waals surface area contributed by atoms with Gasteiger partial charge >= 0.3 is 0 Å². The number of aromatic nitrogens is 3.